The maximum atomic E-state index is 13.2. The third kappa shape index (κ3) is 7.72. The molecule has 202 valence electrons. The van der Waals surface area contributed by atoms with Crippen LogP contribution in [0.2, 0.25) is 3.93 Å². The number of piperidine rings is 1. The second kappa shape index (κ2) is 11.3. The van der Waals surface area contributed by atoms with Crippen molar-refractivity contribution in [3.05, 3.63) is 35.9 Å². The molecule has 0 N–H and O–H groups in total. The van der Waals surface area contributed by atoms with E-state index in [2.05, 4.69) is 2.64 Å². The normalized spacial score (nSPS) is 23.1. The summed E-state index contributed by atoms with van der Waals surface area (Å²) in [5, 5.41) is 0. The SMILES string of the molecule is CC(C)(C)OC(=O)N1[C@H]2CN(C(=O)OCc3ccccc3)[C@@H]([CH2][Hg][O]C(=O)C(F)(F)F)C[C@H]2OC1(C)C. The van der Waals surface area contributed by atoms with Gasteiger partial charge in [-0.1, -0.05) is 0 Å². The molecule has 0 bridgehead atoms. The third-order valence-corrected chi connectivity index (χ3v) is 11.4. The molecule has 0 radical (unpaired) electrons. The first kappa shape index (κ1) is 29.5. The van der Waals surface area contributed by atoms with E-state index in [4.69, 9.17) is 14.2 Å². The Labute approximate surface area is 226 Å². The van der Waals surface area contributed by atoms with Crippen LogP contribution >= 0.6 is 0 Å². The van der Waals surface area contributed by atoms with E-state index in [0.29, 0.717) is 0 Å². The van der Waals surface area contributed by atoms with Crippen LogP contribution in [0.5, 0.6) is 0 Å². The summed E-state index contributed by atoms with van der Waals surface area (Å²) in [6.45, 7) is 8.69. The summed E-state index contributed by atoms with van der Waals surface area (Å²) < 4.78 is 59.7. The summed E-state index contributed by atoms with van der Waals surface area (Å²) >= 11 is -2.83. The number of alkyl halides is 3. The number of carbonyl (C=O) groups is 3. The molecule has 13 heteroatoms. The van der Waals surface area contributed by atoms with Crippen LogP contribution in [0.3, 0.4) is 0 Å². The van der Waals surface area contributed by atoms with E-state index in [9.17, 15) is 27.6 Å². The molecule has 0 unspecified atom stereocenters. The number of likely N-dealkylation sites (tertiary alicyclic amines) is 1. The molecule has 37 heavy (non-hydrogen) atoms. The zero-order chi connectivity index (χ0) is 27.6. The molecule has 0 aromatic heterocycles. The first-order chi connectivity index (χ1) is 17.1. The Morgan fingerprint density at radius 3 is 2.35 bits per heavy atom. The van der Waals surface area contributed by atoms with Gasteiger partial charge in [0, 0.05) is 0 Å². The summed E-state index contributed by atoms with van der Waals surface area (Å²) in [6.07, 6.45) is -6.56. The van der Waals surface area contributed by atoms with Gasteiger partial charge in [-0.05, 0) is 0 Å². The summed E-state index contributed by atoms with van der Waals surface area (Å²) in [5.41, 5.74) is -1.03. The fraction of sp³-hybridized carbons (Fsp3) is 0.625. The van der Waals surface area contributed by atoms with Crippen molar-refractivity contribution in [3.63, 3.8) is 0 Å². The first-order valence-electron chi connectivity index (χ1n) is 12.0. The van der Waals surface area contributed by atoms with Gasteiger partial charge in [0.15, 0.2) is 0 Å². The number of fused-ring (bicyclic) bond motifs is 1. The number of nitrogens with zero attached hydrogens (tertiary/aromatic N) is 2. The molecule has 1 aromatic carbocycles. The van der Waals surface area contributed by atoms with Crippen LogP contribution < -0.4 is 0 Å². The van der Waals surface area contributed by atoms with Gasteiger partial charge in [0.2, 0.25) is 0 Å². The van der Waals surface area contributed by atoms with Crippen molar-refractivity contribution in [1.82, 2.24) is 9.80 Å². The molecule has 2 aliphatic heterocycles. The van der Waals surface area contributed by atoms with Gasteiger partial charge in [-0.3, -0.25) is 0 Å². The first-order valence-corrected chi connectivity index (χ1v) is 18.1. The number of ether oxygens (including phenoxy) is 3. The third-order valence-electron chi connectivity index (χ3n) is 6.06. The predicted octanol–water partition coefficient (Wildman–Crippen LogP) is 4.66. The molecule has 2 saturated heterocycles. The van der Waals surface area contributed by atoms with Crippen molar-refractivity contribution in [2.75, 3.05) is 6.54 Å². The standard InChI is InChI=1S/C22H31N2O5.C2HF3O2.Hg/c1-15-12-18-17(24(22(5,6)28-18)20(26)29-21(2,3)4)13-23(15)19(25)27-14-16-10-8-7-9-11-16;3-2(4,5)1(6)7;/h7-11,15,17-18H,1,12-14H2,2-6H3;(H,6,7);/q;;+1/p-1/t15-,17-,18+;;/m0../s1. The monoisotopic (exact) mass is 718 g/mol. The molecule has 3 rings (SSSR count). The fourth-order valence-electron chi connectivity index (χ4n) is 4.56. The van der Waals surface area contributed by atoms with E-state index in [-0.39, 0.29) is 23.5 Å². The van der Waals surface area contributed by atoms with Crippen molar-refractivity contribution in [1.29, 1.82) is 0 Å². The van der Waals surface area contributed by atoms with Gasteiger partial charge in [-0.15, -0.1) is 0 Å². The Kier molecular flexibility index (Phi) is 9.03. The van der Waals surface area contributed by atoms with Crippen LogP contribution in [0.1, 0.15) is 46.6 Å². The zero-order valence-electron chi connectivity index (χ0n) is 21.5. The minimum atomic E-state index is -5.06. The van der Waals surface area contributed by atoms with Crippen molar-refractivity contribution in [2.45, 2.75) is 87.3 Å². The van der Waals surface area contributed by atoms with Gasteiger partial charge in [-0.2, -0.15) is 0 Å². The summed E-state index contributed by atoms with van der Waals surface area (Å²) in [5.74, 6) is -2.20. The molecule has 9 nitrogen and oxygen atoms in total. The van der Waals surface area contributed by atoms with E-state index in [1.807, 2.05) is 6.07 Å². The summed E-state index contributed by atoms with van der Waals surface area (Å²) in [4.78, 5) is 40.3. The maximum absolute atomic E-state index is 13.2. The van der Waals surface area contributed by atoms with Crippen LogP contribution in [0, 0.1) is 0 Å². The van der Waals surface area contributed by atoms with Crippen LogP contribution in [0.4, 0.5) is 22.8 Å². The van der Waals surface area contributed by atoms with E-state index in [1.54, 1.807) is 58.9 Å². The predicted molar refractivity (Wildman–Crippen MR) is 120 cm³/mol. The number of benzene rings is 1. The Balaban J connectivity index is 1.78. The fourth-order valence-corrected chi connectivity index (χ4v) is 9.56. The van der Waals surface area contributed by atoms with Crippen LogP contribution in [0.25, 0.3) is 0 Å². The Morgan fingerprint density at radius 2 is 1.76 bits per heavy atom. The average molecular weight is 717 g/mol. The number of carbonyl (C=O) groups excluding carboxylic acids is 3. The van der Waals surface area contributed by atoms with Crippen molar-refractivity contribution < 1.29 is 69.4 Å². The van der Waals surface area contributed by atoms with E-state index in [1.165, 1.54) is 9.80 Å². The molecule has 3 atom stereocenters. The molecule has 0 saturated carbocycles. The quantitative estimate of drug-likeness (QED) is 0.410. The van der Waals surface area contributed by atoms with Crippen LogP contribution in [-0.2, 0) is 53.3 Å². The molecule has 1 aromatic rings. The van der Waals surface area contributed by atoms with Gasteiger partial charge >= 0.3 is 227 Å². The molecule has 2 fully saturated rings. The van der Waals surface area contributed by atoms with Crippen molar-refractivity contribution >= 4 is 18.2 Å². The van der Waals surface area contributed by atoms with Gasteiger partial charge in [0.1, 0.15) is 0 Å². The van der Waals surface area contributed by atoms with Gasteiger partial charge in [-0.25, -0.2) is 0 Å². The van der Waals surface area contributed by atoms with E-state index >= 15 is 0 Å². The van der Waals surface area contributed by atoms with Crippen molar-refractivity contribution in [2.24, 2.45) is 0 Å². The molecular weight excluding hydrogens is 686 g/mol. The molecule has 2 aliphatic rings. The van der Waals surface area contributed by atoms with Gasteiger partial charge < -0.3 is 0 Å². The average Bonchev–Trinajstić information content (AvgIpc) is 3.04. The minimum absolute atomic E-state index is 0.00209. The van der Waals surface area contributed by atoms with Gasteiger partial charge in [0.05, 0.1) is 0 Å². The molecule has 0 spiro atoms. The number of hydrogen-bond donors (Lipinski definition) is 0. The van der Waals surface area contributed by atoms with Crippen molar-refractivity contribution in [3.8, 4) is 0 Å². The van der Waals surface area contributed by atoms with Gasteiger partial charge in [0.25, 0.3) is 0 Å². The number of hydrogen-bond acceptors (Lipinski definition) is 7. The number of amides is 2. The zero-order valence-corrected chi connectivity index (χ0v) is 27.0. The Morgan fingerprint density at radius 1 is 1.11 bits per heavy atom. The van der Waals surface area contributed by atoms with E-state index in [0.717, 1.165) is 5.56 Å². The molecular formula is C24H31F3HgN2O7. The molecule has 2 heterocycles. The number of halogens is 3. The number of rotatable bonds is 5. The summed E-state index contributed by atoms with van der Waals surface area (Å²) in [6, 6.07) is 7.91. The van der Waals surface area contributed by atoms with Crippen LogP contribution in [0.15, 0.2) is 30.3 Å². The topological polar surface area (TPSA) is 94.6 Å². The molecule has 2 amide bonds. The Hall–Kier alpha value is -2.08. The second-order valence-corrected chi connectivity index (χ2v) is 15.5. The van der Waals surface area contributed by atoms with E-state index < -0.39 is 78.9 Å². The summed E-state index contributed by atoms with van der Waals surface area (Å²) in [7, 11) is 0. The Bertz CT molecular complexity index is 985. The second-order valence-electron chi connectivity index (χ2n) is 10.5. The van der Waals surface area contributed by atoms with Crippen LogP contribution in [-0.4, -0.2) is 70.2 Å². The molecule has 0 aliphatic carbocycles.